The molecule has 0 unspecified atom stereocenters. The van der Waals surface area contributed by atoms with Crippen molar-refractivity contribution in [2.45, 2.75) is 13.3 Å². The first-order chi connectivity index (χ1) is 9.63. The monoisotopic (exact) mass is 272 g/mol. The van der Waals surface area contributed by atoms with Gasteiger partial charge in [0.05, 0.1) is 0 Å². The highest BCUT2D eigenvalue weighted by Crippen LogP contribution is 2.18. The molecule has 0 aliphatic heterocycles. The molecule has 0 bridgehead atoms. The third-order valence-electron chi connectivity index (χ3n) is 3.22. The van der Waals surface area contributed by atoms with Crippen LogP contribution in [-0.2, 0) is 7.05 Å². The summed E-state index contributed by atoms with van der Waals surface area (Å²) in [5, 5.41) is 4.05. The molecule has 2 rings (SSSR count). The molecule has 1 amide bonds. The van der Waals surface area contributed by atoms with Crippen LogP contribution >= 0.6 is 0 Å². The first-order valence-corrected chi connectivity index (χ1v) is 6.70. The van der Waals surface area contributed by atoms with Gasteiger partial charge in [0.25, 0.3) is 5.91 Å². The third-order valence-corrected chi connectivity index (χ3v) is 3.22. The zero-order valence-corrected chi connectivity index (χ0v) is 11.9. The highest BCUT2D eigenvalue weighted by molar-refractivity contribution is 6.04. The average Bonchev–Trinajstić information content (AvgIpc) is 2.87. The van der Waals surface area contributed by atoms with Crippen LogP contribution in [0.5, 0.6) is 0 Å². The molecular formula is C15H20N4O. The molecule has 0 aliphatic rings. The lowest BCUT2D eigenvalue weighted by Crippen LogP contribution is -2.34. The standard InChI is InChI=1S/C15H20N4O/c1-12-4-6-13(7-5-12)19(11-3-9-16)15(20)14-8-10-17-18(14)2/h4-8,10H,3,9,11,16H2,1-2H3. The highest BCUT2D eigenvalue weighted by atomic mass is 16.2. The number of aromatic nitrogens is 2. The van der Waals surface area contributed by atoms with Gasteiger partial charge in [-0.1, -0.05) is 17.7 Å². The van der Waals surface area contributed by atoms with Crippen LogP contribution in [-0.4, -0.2) is 28.8 Å². The summed E-state index contributed by atoms with van der Waals surface area (Å²) in [5.74, 6) is -0.0534. The van der Waals surface area contributed by atoms with Crippen molar-refractivity contribution in [2.75, 3.05) is 18.0 Å². The lowest BCUT2D eigenvalue weighted by molar-refractivity contribution is 0.0978. The highest BCUT2D eigenvalue weighted by Gasteiger charge is 2.19. The van der Waals surface area contributed by atoms with Crippen LogP contribution in [0.1, 0.15) is 22.5 Å². The van der Waals surface area contributed by atoms with Crippen molar-refractivity contribution in [3.8, 4) is 0 Å². The Morgan fingerprint density at radius 1 is 1.30 bits per heavy atom. The molecule has 1 aromatic heterocycles. The number of amides is 1. The van der Waals surface area contributed by atoms with E-state index in [9.17, 15) is 4.79 Å². The minimum absolute atomic E-state index is 0.0534. The van der Waals surface area contributed by atoms with E-state index >= 15 is 0 Å². The van der Waals surface area contributed by atoms with Gasteiger partial charge in [-0.15, -0.1) is 0 Å². The lowest BCUT2D eigenvalue weighted by Gasteiger charge is -2.22. The Kier molecular flexibility index (Phi) is 4.53. The van der Waals surface area contributed by atoms with E-state index in [-0.39, 0.29) is 5.91 Å². The topological polar surface area (TPSA) is 64.2 Å². The van der Waals surface area contributed by atoms with Gasteiger partial charge in [0.15, 0.2) is 0 Å². The van der Waals surface area contributed by atoms with Gasteiger partial charge >= 0.3 is 0 Å². The fourth-order valence-electron chi connectivity index (χ4n) is 2.04. The molecule has 2 N–H and O–H groups in total. The predicted molar refractivity (Wildman–Crippen MR) is 79.7 cm³/mol. The number of hydrogen-bond acceptors (Lipinski definition) is 3. The van der Waals surface area contributed by atoms with Gasteiger partial charge in [-0.3, -0.25) is 9.48 Å². The number of carbonyl (C=O) groups is 1. The number of carbonyl (C=O) groups excluding carboxylic acids is 1. The summed E-state index contributed by atoms with van der Waals surface area (Å²) < 4.78 is 1.59. The van der Waals surface area contributed by atoms with Crippen LogP contribution in [0.25, 0.3) is 0 Å². The maximum absolute atomic E-state index is 12.6. The van der Waals surface area contributed by atoms with E-state index in [1.807, 2.05) is 31.2 Å². The van der Waals surface area contributed by atoms with E-state index in [4.69, 9.17) is 5.73 Å². The summed E-state index contributed by atoms with van der Waals surface area (Å²) in [4.78, 5) is 14.4. The largest absolute Gasteiger partial charge is 0.330 e. The first-order valence-electron chi connectivity index (χ1n) is 6.70. The Morgan fingerprint density at radius 3 is 2.55 bits per heavy atom. The Bertz CT molecular complexity index is 574. The molecule has 0 saturated heterocycles. The SMILES string of the molecule is Cc1ccc(N(CCCN)C(=O)c2ccnn2C)cc1. The number of anilines is 1. The van der Waals surface area contributed by atoms with Crippen molar-refractivity contribution in [1.29, 1.82) is 0 Å². The number of nitrogens with two attached hydrogens (primary N) is 1. The van der Waals surface area contributed by atoms with E-state index in [2.05, 4.69) is 5.10 Å². The van der Waals surface area contributed by atoms with Gasteiger partial charge in [-0.2, -0.15) is 5.10 Å². The van der Waals surface area contributed by atoms with Gasteiger partial charge in [0.2, 0.25) is 0 Å². The molecule has 5 nitrogen and oxygen atoms in total. The van der Waals surface area contributed by atoms with E-state index in [0.29, 0.717) is 18.8 Å². The number of aryl methyl sites for hydroxylation is 2. The van der Waals surface area contributed by atoms with E-state index in [1.54, 1.807) is 28.9 Å². The predicted octanol–water partition coefficient (Wildman–Crippen LogP) is 1.72. The van der Waals surface area contributed by atoms with Gasteiger partial charge in [0.1, 0.15) is 5.69 Å². The summed E-state index contributed by atoms with van der Waals surface area (Å²) in [6, 6.07) is 9.65. The number of rotatable bonds is 5. The van der Waals surface area contributed by atoms with Crippen molar-refractivity contribution in [3.63, 3.8) is 0 Å². The second-order valence-electron chi connectivity index (χ2n) is 4.77. The molecule has 1 aromatic carbocycles. The average molecular weight is 272 g/mol. The molecular weight excluding hydrogens is 252 g/mol. The molecule has 2 aromatic rings. The molecule has 0 radical (unpaired) electrons. The van der Waals surface area contributed by atoms with Crippen molar-refractivity contribution >= 4 is 11.6 Å². The molecule has 0 saturated carbocycles. The Morgan fingerprint density at radius 2 is 2.00 bits per heavy atom. The third kappa shape index (κ3) is 3.05. The van der Waals surface area contributed by atoms with Crippen molar-refractivity contribution in [1.82, 2.24) is 9.78 Å². The van der Waals surface area contributed by atoms with E-state index < -0.39 is 0 Å². The van der Waals surface area contributed by atoms with Crippen LogP contribution in [0, 0.1) is 6.92 Å². The maximum Gasteiger partial charge on any atom is 0.276 e. The van der Waals surface area contributed by atoms with Crippen LogP contribution in [0.3, 0.4) is 0 Å². The Hall–Kier alpha value is -2.14. The van der Waals surface area contributed by atoms with Crippen LogP contribution < -0.4 is 10.6 Å². The zero-order chi connectivity index (χ0) is 14.5. The summed E-state index contributed by atoms with van der Waals surface area (Å²) in [7, 11) is 1.77. The Labute approximate surface area is 119 Å². The van der Waals surface area contributed by atoms with Gasteiger partial charge in [0, 0.05) is 25.5 Å². The Balaban J connectivity index is 2.30. The van der Waals surface area contributed by atoms with E-state index in [1.165, 1.54) is 5.56 Å². The second kappa shape index (κ2) is 6.34. The molecule has 1 heterocycles. The molecule has 0 atom stereocenters. The smallest absolute Gasteiger partial charge is 0.276 e. The summed E-state index contributed by atoms with van der Waals surface area (Å²) in [6.45, 7) is 3.18. The van der Waals surface area contributed by atoms with E-state index in [0.717, 1.165) is 12.1 Å². The first kappa shape index (κ1) is 14.3. The molecule has 0 fully saturated rings. The maximum atomic E-state index is 12.6. The second-order valence-corrected chi connectivity index (χ2v) is 4.77. The summed E-state index contributed by atoms with van der Waals surface area (Å²) >= 11 is 0. The number of hydrogen-bond donors (Lipinski definition) is 1. The van der Waals surface area contributed by atoms with Crippen molar-refractivity contribution in [3.05, 3.63) is 47.8 Å². The number of benzene rings is 1. The summed E-state index contributed by atoms with van der Waals surface area (Å²) in [5.41, 5.74) is 8.20. The van der Waals surface area contributed by atoms with Crippen molar-refractivity contribution < 1.29 is 4.79 Å². The van der Waals surface area contributed by atoms with Crippen molar-refractivity contribution in [2.24, 2.45) is 12.8 Å². The van der Waals surface area contributed by atoms with Gasteiger partial charge < -0.3 is 10.6 Å². The molecule has 106 valence electrons. The van der Waals surface area contributed by atoms with Gasteiger partial charge in [-0.25, -0.2) is 0 Å². The quantitative estimate of drug-likeness (QED) is 0.901. The minimum Gasteiger partial charge on any atom is -0.330 e. The normalized spacial score (nSPS) is 10.6. The molecule has 20 heavy (non-hydrogen) atoms. The fraction of sp³-hybridized carbons (Fsp3) is 0.333. The summed E-state index contributed by atoms with van der Waals surface area (Å²) in [6.07, 6.45) is 2.39. The minimum atomic E-state index is -0.0534. The molecule has 0 aliphatic carbocycles. The fourth-order valence-corrected chi connectivity index (χ4v) is 2.04. The molecule has 5 heteroatoms. The number of nitrogens with zero attached hydrogens (tertiary/aromatic N) is 3. The zero-order valence-electron chi connectivity index (χ0n) is 11.9. The lowest BCUT2D eigenvalue weighted by atomic mass is 10.2. The molecule has 0 spiro atoms. The van der Waals surface area contributed by atoms with Gasteiger partial charge in [-0.05, 0) is 38.1 Å². The van der Waals surface area contributed by atoms with Crippen LogP contribution in [0.4, 0.5) is 5.69 Å². The van der Waals surface area contributed by atoms with Crippen LogP contribution in [0.15, 0.2) is 36.5 Å². The van der Waals surface area contributed by atoms with Crippen LogP contribution in [0.2, 0.25) is 0 Å².